The van der Waals surface area contributed by atoms with E-state index >= 15 is 0 Å². The van der Waals surface area contributed by atoms with Crippen molar-refractivity contribution >= 4 is 23.8 Å². The van der Waals surface area contributed by atoms with Gasteiger partial charge >= 0.3 is 18.2 Å². The molecule has 11 heteroatoms. The maximum Gasteiger partial charge on any atom is 0.405 e. The third kappa shape index (κ3) is 4.96. The van der Waals surface area contributed by atoms with Gasteiger partial charge in [-0.15, -0.1) is 0 Å². The molecule has 0 unspecified atom stereocenters. The predicted molar refractivity (Wildman–Crippen MR) is 84.1 cm³/mol. The highest BCUT2D eigenvalue weighted by Crippen LogP contribution is 2.28. The van der Waals surface area contributed by atoms with Crippen LogP contribution in [-0.4, -0.2) is 54.6 Å². The molecule has 1 aliphatic rings. The molecule has 0 radical (unpaired) electrons. The van der Waals surface area contributed by atoms with Gasteiger partial charge in [-0.2, -0.15) is 13.2 Å². The molecular weight excluding hydrogens is 371 g/mol. The van der Waals surface area contributed by atoms with E-state index in [1.54, 1.807) is 30.3 Å². The molecular formula is C16H16F3N3O5. The molecule has 1 atom stereocenters. The van der Waals surface area contributed by atoms with Gasteiger partial charge in [0.05, 0.1) is 0 Å². The average Bonchev–Trinajstić information content (AvgIpc) is 2.82. The number of halogens is 3. The number of amides is 4. The first kappa shape index (κ1) is 20.2. The summed E-state index contributed by atoms with van der Waals surface area (Å²) in [5.74, 6) is -2.97. The third-order valence-corrected chi connectivity index (χ3v) is 3.76. The van der Waals surface area contributed by atoms with Crippen LogP contribution in [-0.2, 0) is 24.7 Å². The summed E-state index contributed by atoms with van der Waals surface area (Å²) in [6.07, 6.45) is -4.60. The molecule has 0 saturated carbocycles. The monoisotopic (exact) mass is 387 g/mol. The van der Waals surface area contributed by atoms with Gasteiger partial charge < -0.3 is 15.4 Å². The van der Waals surface area contributed by atoms with Gasteiger partial charge in [0, 0.05) is 0 Å². The Morgan fingerprint density at radius 2 is 1.85 bits per heavy atom. The lowest BCUT2D eigenvalue weighted by Crippen LogP contribution is -2.42. The molecule has 146 valence electrons. The Kier molecular flexibility index (Phi) is 5.72. The molecule has 27 heavy (non-hydrogen) atoms. The van der Waals surface area contributed by atoms with Gasteiger partial charge in [-0.25, -0.2) is 4.79 Å². The number of ether oxygens (including phenoxy) is 1. The smallest absolute Gasteiger partial charge is 0.405 e. The number of benzene rings is 1. The van der Waals surface area contributed by atoms with Crippen LogP contribution in [0.5, 0.6) is 0 Å². The van der Waals surface area contributed by atoms with Gasteiger partial charge in [0.25, 0.3) is 11.8 Å². The highest BCUT2D eigenvalue weighted by Gasteiger charge is 2.49. The van der Waals surface area contributed by atoms with Crippen LogP contribution in [0.3, 0.4) is 0 Å². The molecule has 1 heterocycles. The summed E-state index contributed by atoms with van der Waals surface area (Å²) in [6.45, 7) is -1.83. The van der Waals surface area contributed by atoms with Crippen molar-refractivity contribution in [3.8, 4) is 0 Å². The van der Waals surface area contributed by atoms with Gasteiger partial charge in [0.15, 0.2) is 6.61 Å². The number of hydrogen-bond donors (Lipinski definition) is 2. The van der Waals surface area contributed by atoms with Gasteiger partial charge in [0.1, 0.15) is 18.6 Å². The lowest BCUT2D eigenvalue weighted by atomic mass is 9.92. The summed E-state index contributed by atoms with van der Waals surface area (Å²) >= 11 is 0. The molecule has 1 saturated heterocycles. The van der Waals surface area contributed by atoms with Crippen LogP contribution in [0, 0.1) is 0 Å². The van der Waals surface area contributed by atoms with E-state index in [1.165, 1.54) is 12.2 Å². The van der Waals surface area contributed by atoms with Crippen LogP contribution >= 0.6 is 0 Å². The predicted octanol–water partition coefficient (Wildman–Crippen LogP) is 0.675. The zero-order valence-electron chi connectivity index (χ0n) is 14.1. The minimum absolute atomic E-state index is 0.505. The molecule has 2 N–H and O–H groups in total. The van der Waals surface area contributed by atoms with Crippen molar-refractivity contribution in [2.45, 2.75) is 18.6 Å². The van der Waals surface area contributed by atoms with Crippen molar-refractivity contribution in [1.29, 1.82) is 0 Å². The maximum absolute atomic E-state index is 12.6. The Labute approximate surface area is 151 Å². The fourth-order valence-electron chi connectivity index (χ4n) is 2.38. The largest absolute Gasteiger partial charge is 0.454 e. The molecule has 1 aromatic carbocycles. The molecule has 0 spiro atoms. The quantitative estimate of drug-likeness (QED) is 0.552. The molecule has 8 nitrogen and oxygen atoms in total. The van der Waals surface area contributed by atoms with Crippen LogP contribution in [0.1, 0.15) is 12.5 Å². The molecule has 1 aliphatic heterocycles. The van der Waals surface area contributed by atoms with Gasteiger partial charge in [0.2, 0.25) is 0 Å². The van der Waals surface area contributed by atoms with Gasteiger partial charge in [-0.1, -0.05) is 30.3 Å². The summed E-state index contributed by atoms with van der Waals surface area (Å²) in [7, 11) is 0. The number of carbonyl (C=O) groups excluding carboxylic acids is 4. The van der Waals surface area contributed by atoms with Crippen LogP contribution in [0.4, 0.5) is 18.0 Å². The minimum Gasteiger partial charge on any atom is -0.454 e. The lowest BCUT2D eigenvalue weighted by molar-refractivity contribution is -0.153. The van der Waals surface area contributed by atoms with Crippen molar-refractivity contribution in [2.24, 2.45) is 0 Å². The number of esters is 1. The van der Waals surface area contributed by atoms with E-state index in [0.29, 0.717) is 10.5 Å². The zero-order chi connectivity index (χ0) is 20.2. The maximum atomic E-state index is 12.6. The summed E-state index contributed by atoms with van der Waals surface area (Å²) in [6, 6.07) is 7.51. The van der Waals surface area contributed by atoms with Crippen molar-refractivity contribution in [1.82, 2.24) is 15.5 Å². The Bertz CT molecular complexity index is 753. The normalized spacial score (nSPS) is 19.6. The van der Waals surface area contributed by atoms with E-state index in [-0.39, 0.29) is 0 Å². The first-order valence-electron chi connectivity index (χ1n) is 7.71. The molecule has 0 bridgehead atoms. The first-order valence-corrected chi connectivity index (χ1v) is 7.71. The van der Waals surface area contributed by atoms with Crippen LogP contribution in [0.25, 0.3) is 0 Å². The molecule has 2 rings (SSSR count). The van der Waals surface area contributed by atoms with Crippen LogP contribution in [0.15, 0.2) is 30.3 Å². The van der Waals surface area contributed by atoms with Crippen molar-refractivity contribution in [3.63, 3.8) is 0 Å². The van der Waals surface area contributed by atoms with Crippen molar-refractivity contribution in [3.05, 3.63) is 35.9 Å². The van der Waals surface area contributed by atoms with Crippen molar-refractivity contribution < 1.29 is 37.1 Å². The van der Waals surface area contributed by atoms with Gasteiger partial charge in [-0.3, -0.25) is 19.3 Å². The number of hydrogen-bond acceptors (Lipinski definition) is 5. The second-order valence-corrected chi connectivity index (χ2v) is 5.87. The van der Waals surface area contributed by atoms with E-state index in [2.05, 4.69) is 10.1 Å². The molecule has 4 amide bonds. The standard InChI is InChI=1S/C16H16F3N3O5/c1-15(10-5-3-2-4-6-10)13(25)22(14(26)21-15)7-12(24)27-8-11(23)20-9-16(17,18)19/h2-6H,7-9H2,1H3,(H,20,23)(H,21,26)/t15-/m1/s1. The molecule has 0 aromatic heterocycles. The lowest BCUT2D eigenvalue weighted by Gasteiger charge is -2.21. The van der Waals surface area contributed by atoms with E-state index < -0.39 is 55.2 Å². The number of imide groups is 1. The number of alkyl halides is 3. The Balaban J connectivity index is 1.91. The number of nitrogens with zero attached hydrogens (tertiary/aromatic N) is 1. The fraction of sp³-hybridized carbons (Fsp3) is 0.375. The van der Waals surface area contributed by atoms with Crippen LogP contribution < -0.4 is 10.6 Å². The Morgan fingerprint density at radius 3 is 2.44 bits per heavy atom. The van der Waals surface area contributed by atoms with E-state index in [9.17, 15) is 32.3 Å². The van der Waals surface area contributed by atoms with E-state index in [4.69, 9.17) is 0 Å². The number of urea groups is 1. The molecule has 0 aliphatic carbocycles. The summed E-state index contributed by atoms with van der Waals surface area (Å²) in [5, 5.41) is 4.00. The SMILES string of the molecule is C[C@]1(c2ccccc2)NC(=O)N(CC(=O)OCC(=O)NCC(F)(F)F)C1=O. The second-order valence-electron chi connectivity index (χ2n) is 5.87. The number of carbonyl (C=O) groups is 4. The highest BCUT2D eigenvalue weighted by atomic mass is 19.4. The van der Waals surface area contributed by atoms with Crippen LogP contribution in [0.2, 0.25) is 0 Å². The fourth-order valence-corrected chi connectivity index (χ4v) is 2.38. The Hall–Kier alpha value is -3.11. The van der Waals surface area contributed by atoms with E-state index in [1.807, 2.05) is 0 Å². The summed E-state index contributed by atoms with van der Waals surface area (Å²) < 4.78 is 40.4. The summed E-state index contributed by atoms with van der Waals surface area (Å²) in [4.78, 5) is 48.2. The highest BCUT2D eigenvalue weighted by molar-refractivity contribution is 6.08. The first-order chi connectivity index (χ1) is 12.5. The number of rotatable bonds is 6. The van der Waals surface area contributed by atoms with Crippen molar-refractivity contribution in [2.75, 3.05) is 19.7 Å². The Morgan fingerprint density at radius 1 is 1.22 bits per heavy atom. The second kappa shape index (κ2) is 7.64. The minimum atomic E-state index is -4.60. The summed E-state index contributed by atoms with van der Waals surface area (Å²) in [5.41, 5.74) is -0.867. The van der Waals surface area contributed by atoms with Gasteiger partial charge in [-0.05, 0) is 12.5 Å². The van der Waals surface area contributed by atoms with E-state index in [0.717, 1.165) is 0 Å². The number of nitrogens with one attached hydrogen (secondary N) is 2. The molecule has 1 fully saturated rings. The molecule has 1 aromatic rings. The third-order valence-electron chi connectivity index (χ3n) is 3.76. The average molecular weight is 387 g/mol. The zero-order valence-corrected chi connectivity index (χ0v) is 14.1. The topological polar surface area (TPSA) is 105 Å².